The SMILES string of the molecule is CCn1cncc1C(CN)CO. The maximum absolute atomic E-state index is 9.00. The Kier molecular flexibility index (Phi) is 3.25. The molecular weight excluding hydrogens is 154 g/mol. The van der Waals surface area contributed by atoms with Gasteiger partial charge in [0.2, 0.25) is 0 Å². The summed E-state index contributed by atoms with van der Waals surface area (Å²) in [7, 11) is 0. The van der Waals surface area contributed by atoms with Crippen LogP contribution < -0.4 is 5.73 Å². The Labute approximate surface area is 72.0 Å². The quantitative estimate of drug-likeness (QED) is 0.663. The van der Waals surface area contributed by atoms with Gasteiger partial charge in [0.05, 0.1) is 12.9 Å². The molecule has 1 aromatic rings. The number of hydrogen-bond acceptors (Lipinski definition) is 3. The number of aliphatic hydroxyl groups is 1. The summed E-state index contributed by atoms with van der Waals surface area (Å²) in [4.78, 5) is 4.01. The third-order valence-electron chi connectivity index (χ3n) is 2.01. The first-order chi connectivity index (χ1) is 5.83. The first-order valence-electron chi connectivity index (χ1n) is 4.14. The van der Waals surface area contributed by atoms with Crippen LogP contribution in [0.15, 0.2) is 12.5 Å². The van der Waals surface area contributed by atoms with Crippen molar-refractivity contribution in [1.29, 1.82) is 0 Å². The number of aryl methyl sites for hydroxylation is 1. The first-order valence-corrected chi connectivity index (χ1v) is 4.14. The van der Waals surface area contributed by atoms with E-state index in [1.54, 1.807) is 12.5 Å². The van der Waals surface area contributed by atoms with Crippen molar-refractivity contribution in [3.05, 3.63) is 18.2 Å². The molecular formula is C8H15N3O. The van der Waals surface area contributed by atoms with E-state index in [2.05, 4.69) is 4.98 Å². The Morgan fingerprint density at radius 3 is 3.00 bits per heavy atom. The van der Waals surface area contributed by atoms with Crippen molar-refractivity contribution in [2.45, 2.75) is 19.4 Å². The normalized spacial score (nSPS) is 13.2. The van der Waals surface area contributed by atoms with Gasteiger partial charge < -0.3 is 15.4 Å². The van der Waals surface area contributed by atoms with Gasteiger partial charge in [0.15, 0.2) is 0 Å². The molecule has 0 aromatic carbocycles. The van der Waals surface area contributed by atoms with Crippen molar-refractivity contribution in [2.24, 2.45) is 5.73 Å². The standard InChI is InChI=1S/C8H15N3O/c1-2-11-6-10-4-8(11)7(3-9)5-12/h4,6-7,12H,2-3,5,9H2,1H3. The Balaban J connectivity index is 2.83. The van der Waals surface area contributed by atoms with E-state index in [9.17, 15) is 0 Å². The lowest BCUT2D eigenvalue weighted by Crippen LogP contribution is -2.19. The predicted molar refractivity (Wildman–Crippen MR) is 46.8 cm³/mol. The van der Waals surface area contributed by atoms with Crippen LogP contribution in [0.1, 0.15) is 18.5 Å². The maximum Gasteiger partial charge on any atom is 0.0948 e. The summed E-state index contributed by atoms with van der Waals surface area (Å²) in [6.07, 6.45) is 3.52. The lowest BCUT2D eigenvalue weighted by Gasteiger charge is -2.12. The summed E-state index contributed by atoms with van der Waals surface area (Å²) >= 11 is 0. The van der Waals surface area contributed by atoms with E-state index in [0.29, 0.717) is 6.54 Å². The summed E-state index contributed by atoms with van der Waals surface area (Å²) in [5, 5.41) is 9.00. The summed E-state index contributed by atoms with van der Waals surface area (Å²) < 4.78 is 1.99. The van der Waals surface area contributed by atoms with E-state index in [1.807, 2.05) is 11.5 Å². The third-order valence-corrected chi connectivity index (χ3v) is 2.01. The van der Waals surface area contributed by atoms with Gasteiger partial charge in [0.25, 0.3) is 0 Å². The average molecular weight is 169 g/mol. The molecule has 0 spiro atoms. The van der Waals surface area contributed by atoms with Crippen LogP contribution in [0.3, 0.4) is 0 Å². The molecule has 0 aliphatic carbocycles. The fourth-order valence-electron chi connectivity index (χ4n) is 1.22. The fourth-order valence-corrected chi connectivity index (χ4v) is 1.22. The number of hydrogen-bond donors (Lipinski definition) is 2. The van der Waals surface area contributed by atoms with Gasteiger partial charge in [-0.1, -0.05) is 0 Å². The van der Waals surface area contributed by atoms with Crippen molar-refractivity contribution < 1.29 is 5.11 Å². The largest absolute Gasteiger partial charge is 0.396 e. The molecule has 4 nitrogen and oxygen atoms in total. The van der Waals surface area contributed by atoms with E-state index in [0.717, 1.165) is 12.2 Å². The van der Waals surface area contributed by atoms with Gasteiger partial charge in [0.1, 0.15) is 0 Å². The van der Waals surface area contributed by atoms with Crippen LogP contribution in [0.2, 0.25) is 0 Å². The minimum Gasteiger partial charge on any atom is -0.396 e. The Morgan fingerprint density at radius 1 is 1.75 bits per heavy atom. The summed E-state index contributed by atoms with van der Waals surface area (Å²) in [6.45, 7) is 3.45. The minimum atomic E-state index is 0.0208. The Bertz CT molecular complexity index is 230. The highest BCUT2D eigenvalue weighted by molar-refractivity contribution is 5.06. The van der Waals surface area contributed by atoms with Crippen LogP contribution in [0.5, 0.6) is 0 Å². The second kappa shape index (κ2) is 4.23. The van der Waals surface area contributed by atoms with Crippen LogP contribution in [-0.2, 0) is 6.54 Å². The first kappa shape index (κ1) is 9.22. The highest BCUT2D eigenvalue weighted by Gasteiger charge is 2.11. The van der Waals surface area contributed by atoms with Gasteiger partial charge >= 0.3 is 0 Å². The zero-order chi connectivity index (χ0) is 8.97. The zero-order valence-electron chi connectivity index (χ0n) is 7.27. The zero-order valence-corrected chi connectivity index (χ0v) is 7.27. The molecule has 12 heavy (non-hydrogen) atoms. The third kappa shape index (κ3) is 1.65. The molecule has 68 valence electrons. The van der Waals surface area contributed by atoms with Gasteiger partial charge in [-0.05, 0) is 6.92 Å². The molecule has 1 heterocycles. The molecule has 0 bridgehead atoms. The number of rotatable bonds is 4. The van der Waals surface area contributed by atoms with Crippen LogP contribution in [0, 0.1) is 0 Å². The van der Waals surface area contributed by atoms with Crippen molar-refractivity contribution in [3.8, 4) is 0 Å². The molecule has 4 heteroatoms. The van der Waals surface area contributed by atoms with Crippen LogP contribution in [-0.4, -0.2) is 27.8 Å². The molecule has 0 aliphatic heterocycles. The summed E-state index contributed by atoms with van der Waals surface area (Å²) in [6, 6.07) is 0. The Morgan fingerprint density at radius 2 is 2.50 bits per heavy atom. The van der Waals surface area contributed by atoms with Crippen molar-refractivity contribution in [2.75, 3.05) is 13.2 Å². The van der Waals surface area contributed by atoms with E-state index in [1.165, 1.54) is 0 Å². The van der Waals surface area contributed by atoms with Crippen LogP contribution >= 0.6 is 0 Å². The molecule has 3 N–H and O–H groups in total. The second-order valence-electron chi connectivity index (χ2n) is 2.72. The van der Waals surface area contributed by atoms with Crippen LogP contribution in [0.4, 0.5) is 0 Å². The highest BCUT2D eigenvalue weighted by Crippen LogP contribution is 2.12. The highest BCUT2D eigenvalue weighted by atomic mass is 16.3. The molecule has 1 aromatic heterocycles. The van der Waals surface area contributed by atoms with E-state index in [-0.39, 0.29) is 12.5 Å². The minimum absolute atomic E-state index is 0.0208. The monoisotopic (exact) mass is 169 g/mol. The average Bonchev–Trinajstić information content (AvgIpc) is 2.55. The number of aliphatic hydroxyl groups excluding tert-OH is 1. The summed E-state index contributed by atoms with van der Waals surface area (Å²) in [5.41, 5.74) is 6.51. The van der Waals surface area contributed by atoms with E-state index in [4.69, 9.17) is 10.8 Å². The van der Waals surface area contributed by atoms with Gasteiger partial charge in [-0.3, -0.25) is 0 Å². The topological polar surface area (TPSA) is 64.1 Å². The molecule has 1 unspecified atom stereocenters. The van der Waals surface area contributed by atoms with Crippen molar-refractivity contribution in [3.63, 3.8) is 0 Å². The van der Waals surface area contributed by atoms with Gasteiger partial charge in [-0.25, -0.2) is 4.98 Å². The number of nitrogens with two attached hydrogens (primary N) is 1. The lowest BCUT2D eigenvalue weighted by molar-refractivity contribution is 0.263. The molecule has 0 fully saturated rings. The molecule has 0 radical (unpaired) electrons. The lowest BCUT2D eigenvalue weighted by atomic mass is 10.1. The number of imidazole rings is 1. The predicted octanol–water partition coefficient (Wildman–Crippen LogP) is -0.0624. The number of nitrogens with zero attached hydrogens (tertiary/aromatic N) is 2. The Hall–Kier alpha value is -0.870. The molecule has 1 atom stereocenters. The smallest absolute Gasteiger partial charge is 0.0948 e. The molecule has 0 aliphatic rings. The molecule has 0 amide bonds. The second-order valence-corrected chi connectivity index (χ2v) is 2.72. The van der Waals surface area contributed by atoms with Gasteiger partial charge in [-0.15, -0.1) is 0 Å². The molecule has 1 rings (SSSR count). The molecule has 0 saturated heterocycles. The van der Waals surface area contributed by atoms with Crippen molar-refractivity contribution in [1.82, 2.24) is 9.55 Å². The molecule has 0 saturated carbocycles. The fraction of sp³-hybridized carbons (Fsp3) is 0.625. The van der Waals surface area contributed by atoms with Gasteiger partial charge in [0, 0.05) is 30.9 Å². The maximum atomic E-state index is 9.00. The van der Waals surface area contributed by atoms with Crippen LogP contribution in [0.25, 0.3) is 0 Å². The van der Waals surface area contributed by atoms with Crippen molar-refractivity contribution >= 4 is 0 Å². The summed E-state index contributed by atoms with van der Waals surface area (Å²) in [5.74, 6) is 0.0208. The number of aromatic nitrogens is 2. The van der Waals surface area contributed by atoms with Gasteiger partial charge in [-0.2, -0.15) is 0 Å². The van der Waals surface area contributed by atoms with E-state index < -0.39 is 0 Å². The van der Waals surface area contributed by atoms with E-state index >= 15 is 0 Å².